The Morgan fingerprint density at radius 2 is 2.00 bits per heavy atom. The third kappa shape index (κ3) is 4.79. The molecule has 0 aliphatic rings. The molecule has 0 bridgehead atoms. The first-order chi connectivity index (χ1) is 10.3. The van der Waals surface area contributed by atoms with Gasteiger partial charge < -0.3 is 19.4 Å². The summed E-state index contributed by atoms with van der Waals surface area (Å²) in [5.74, 6) is 1.90. The Labute approximate surface area is 125 Å². The number of hydrogen-bond acceptors (Lipinski definition) is 4. The van der Waals surface area contributed by atoms with Gasteiger partial charge in [-0.2, -0.15) is 0 Å². The van der Waals surface area contributed by atoms with Crippen LogP contribution < -0.4 is 10.1 Å². The van der Waals surface area contributed by atoms with Crippen LogP contribution >= 0.6 is 0 Å². The highest BCUT2D eigenvalue weighted by molar-refractivity contribution is 5.46. The molecule has 2 rings (SSSR count). The van der Waals surface area contributed by atoms with Crippen molar-refractivity contribution in [1.29, 1.82) is 0 Å². The van der Waals surface area contributed by atoms with E-state index in [1.807, 2.05) is 36.7 Å². The lowest BCUT2D eigenvalue weighted by molar-refractivity contribution is 0.146. The van der Waals surface area contributed by atoms with Crippen molar-refractivity contribution < 1.29 is 9.47 Å². The van der Waals surface area contributed by atoms with Crippen molar-refractivity contribution in [2.75, 3.05) is 25.6 Å². The van der Waals surface area contributed by atoms with Gasteiger partial charge in [0.15, 0.2) is 0 Å². The minimum absolute atomic E-state index is 0.567. The van der Waals surface area contributed by atoms with Gasteiger partial charge in [0.05, 0.1) is 13.2 Å². The minimum atomic E-state index is 0.567. The van der Waals surface area contributed by atoms with E-state index in [0.29, 0.717) is 13.2 Å². The molecule has 5 nitrogen and oxygen atoms in total. The molecule has 0 saturated heterocycles. The summed E-state index contributed by atoms with van der Waals surface area (Å²) < 4.78 is 12.7. The maximum Gasteiger partial charge on any atom is 0.128 e. The van der Waals surface area contributed by atoms with Crippen LogP contribution in [0.25, 0.3) is 0 Å². The van der Waals surface area contributed by atoms with Crippen LogP contribution in [0.15, 0.2) is 36.7 Å². The van der Waals surface area contributed by atoms with Crippen LogP contribution in [0.5, 0.6) is 5.75 Å². The minimum Gasteiger partial charge on any atom is -0.491 e. The Morgan fingerprint density at radius 1 is 1.19 bits per heavy atom. The van der Waals surface area contributed by atoms with Gasteiger partial charge in [0.2, 0.25) is 0 Å². The normalized spacial score (nSPS) is 10.6. The second-order valence-corrected chi connectivity index (χ2v) is 4.76. The standard InChI is InChI=1S/C16H23N3O2/c1-3-9-19-10-8-17-16(19)13-18-14-4-6-15(7-5-14)21-12-11-20-2/h4-8,10,18H,3,9,11-13H2,1-2H3. The molecule has 0 radical (unpaired) electrons. The predicted octanol–water partition coefficient (Wildman–Crippen LogP) is 2.93. The monoisotopic (exact) mass is 289 g/mol. The zero-order valence-corrected chi connectivity index (χ0v) is 12.7. The number of imidazole rings is 1. The maximum absolute atomic E-state index is 5.53. The van der Waals surface area contributed by atoms with Crippen molar-refractivity contribution in [1.82, 2.24) is 9.55 Å². The zero-order chi connectivity index (χ0) is 14.9. The van der Waals surface area contributed by atoms with Crippen molar-refractivity contribution in [2.24, 2.45) is 0 Å². The Balaban J connectivity index is 1.84. The Bertz CT molecular complexity index is 523. The number of aromatic nitrogens is 2. The fourth-order valence-corrected chi connectivity index (χ4v) is 2.04. The molecular weight excluding hydrogens is 266 g/mol. The highest BCUT2D eigenvalue weighted by Crippen LogP contribution is 2.16. The van der Waals surface area contributed by atoms with E-state index in [9.17, 15) is 0 Å². The molecule has 0 aliphatic heterocycles. The SMILES string of the molecule is CCCn1ccnc1CNc1ccc(OCCOC)cc1. The Morgan fingerprint density at radius 3 is 2.71 bits per heavy atom. The second-order valence-electron chi connectivity index (χ2n) is 4.76. The summed E-state index contributed by atoms with van der Waals surface area (Å²) in [6.07, 6.45) is 4.98. The maximum atomic E-state index is 5.53. The van der Waals surface area contributed by atoms with Crippen LogP contribution in [0, 0.1) is 0 Å². The number of nitrogens with one attached hydrogen (secondary N) is 1. The first kappa shape index (κ1) is 15.4. The van der Waals surface area contributed by atoms with Crippen molar-refractivity contribution in [3.8, 4) is 5.75 Å². The summed E-state index contributed by atoms with van der Waals surface area (Å²) in [5, 5.41) is 3.38. The van der Waals surface area contributed by atoms with Crippen molar-refractivity contribution in [2.45, 2.75) is 26.4 Å². The number of nitrogens with zero attached hydrogens (tertiary/aromatic N) is 2. The van der Waals surface area contributed by atoms with E-state index < -0.39 is 0 Å². The summed E-state index contributed by atoms with van der Waals surface area (Å²) in [4.78, 5) is 4.38. The molecule has 0 spiro atoms. The third-order valence-electron chi connectivity index (χ3n) is 3.13. The van der Waals surface area contributed by atoms with Crippen molar-refractivity contribution in [3.63, 3.8) is 0 Å². The van der Waals surface area contributed by atoms with Gasteiger partial charge in [-0.15, -0.1) is 0 Å². The van der Waals surface area contributed by atoms with Gasteiger partial charge in [0, 0.05) is 31.7 Å². The molecule has 0 saturated carbocycles. The quantitative estimate of drug-likeness (QED) is 0.721. The molecule has 1 aromatic carbocycles. The van der Waals surface area contributed by atoms with Crippen LogP contribution in [-0.4, -0.2) is 29.9 Å². The molecule has 21 heavy (non-hydrogen) atoms. The lowest BCUT2D eigenvalue weighted by Gasteiger charge is -2.10. The van der Waals surface area contributed by atoms with E-state index in [4.69, 9.17) is 9.47 Å². The number of benzene rings is 1. The molecule has 0 fully saturated rings. The smallest absolute Gasteiger partial charge is 0.128 e. The van der Waals surface area contributed by atoms with Gasteiger partial charge in [0.25, 0.3) is 0 Å². The van der Waals surface area contributed by atoms with Crippen LogP contribution in [0.3, 0.4) is 0 Å². The first-order valence-electron chi connectivity index (χ1n) is 7.29. The molecule has 114 valence electrons. The molecule has 1 N–H and O–H groups in total. The highest BCUT2D eigenvalue weighted by atomic mass is 16.5. The number of methoxy groups -OCH3 is 1. The van der Waals surface area contributed by atoms with E-state index in [1.165, 1.54) is 0 Å². The zero-order valence-electron chi connectivity index (χ0n) is 12.7. The molecular formula is C16H23N3O2. The van der Waals surface area contributed by atoms with Gasteiger partial charge in [0.1, 0.15) is 18.2 Å². The van der Waals surface area contributed by atoms with Crippen LogP contribution in [0.2, 0.25) is 0 Å². The van der Waals surface area contributed by atoms with Crippen molar-refractivity contribution >= 4 is 5.69 Å². The molecule has 1 heterocycles. The number of aryl methyl sites for hydroxylation is 1. The summed E-state index contributed by atoms with van der Waals surface area (Å²) in [6.45, 7) is 5.05. The third-order valence-corrected chi connectivity index (χ3v) is 3.13. The fourth-order valence-electron chi connectivity index (χ4n) is 2.04. The summed E-state index contributed by atoms with van der Waals surface area (Å²) >= 11 is 0. The fraction of sp³-hybridized carbons (Fsp3) is 0.438. The van der Waals surface area contributed by atoms with Crippen LogP contribution in [0.1, 0.15) is 19.2 Å². The van der Waals surface area contributed by atoms with Crippen molar-refractivity contribution in [3.05, 3.63) is 42.5 Å². The molecule has 0 atom stereocenters. The largest absolute Gasteiger partial charge is 0.491 e. The van der Waals surface area contributed by atoms with Crippen LogP contribution in [-0.2, 0) is 17.8 Å². The first-order valence-corrected chi connectivity index (χ1v) is 7.29. The Hall–Kier alpha value is -2.01. The van der Waals surface area contributed by atoms with Gasteiger partial charge >= 0.3 is 0 Å². The van der Waals surface area contributed by atoms with Gasteiger partial charge in [-0.25, -0.2) is 4.98 Å². The Kier molecular flexibility index (Phi) is 6.09. The molecule has 1 aromatic heterocycles. The average Bonchev–Trinajstić information content (AvgIpc) is 2.94. The van der Waals surface area contributed by atoms with E-state index >= 15 is 0 Å². The summed E-state index contributed by atoms with van der Waals surface area (Å²) in [7, 11) is 1.67. The molecule has 2 aromatic rings. The lowest BCUT2D eigenvalue weighted by Crippen LogP contribution is -2.08. The van der Waals surface area contributed by atoms with E-state index in [1.54, 1.807) is 7.11 Å². The van der Waals surface area contributed by atoms with Gasteiger partial charge in [-0.1, -0.05) is 6.92 Å². The van der Waals surface area contributed by atoms with E-state index in [2.05, 4.69) is 21.8 Å². The summed E-state index contributed by atoms with van der Waals surface area (Å²) in [6, 6.07) is 7.93. The number of ether oxygens (including phenoxy) is 2. The highest BCUT2D eigenvalue weighted by Gasteiger charge is 2.02. The molecule has 0 amide bonds. The molecule has 0 aliphatic carbocycles. The molecule has 0 unspecified atom stereocenters. The number of anilines is 1. The van der Waals surface area contributed by atoms with E-state index in [-0.39, 0.29) is 0 Å². The van der Waals surface area contributed by atoms with Crippen LogP contribution in [0.4, 0.5) is 5.69 Å². The topological polar surface area (TPSA) is 48.3 Å². The van der Waals surface area contributed by atoms with Gasteiger partial charge in [-0.3, -0.25) is 0 Å². The molecule has 5 heteroatoms. The van der Waals surface area contributed by atoms with Gasteiger partial charge in [-0.05, 0) is 30.7 Å². The van der Waals surface area contributed by atoms with E-state index in [0.717, 1.165) is 36.8 Å². The second kappa shape index (κ2) is 8.32. The average molecular weight is 289 g/mol. The summed E-state index contributed by atoms with van der Waals surface area (Å²) in [5.41, 5.74) is 1.06. The number of hydrogen-bond donors (Lipinski definition) is 1. The lowest BCUT2D eigenvalue weighted by atomic mass is 10.3. The number of rotatable bonds is 9. The predicted molar refractivity (Wildman–Crippen MR) is 83.7 cm³/mol.